The van der Waals surface area contributed by atoms with Crippen LogP contribution >= 0.6 is 0 Å². The van der Waals surface area contributed by atoms with E-state index in [-0.39, 0.29) is 5.92 Å². The number of hydrogen-bond donors (Lipinski definition) is 3. The summed E-state index contributed by atoms with van der Waals surface area (Å²) < 4.78 is 4.81. The van der Waals surface area contributed by atoms with Gasteiger partial charge in [-0.15, -0.1) is 0 Å². The first-order valence-corrected chi connectivity index (χ1v) is 4.39. The van der Waals surface area contributed by atoms with Gasteiger partial charge in [-0.25, -0.2) is 0 Å². The van der Waals surface area contributed by atoms with E-state index in [4.69, 9.17) is 19.7 Å². The number of hydrogen-bond acceptors (Lipinski definition) is 4. The molecule has 11 heavy (non-hydrogen) atoms. The van der Waals surface area contributed by atoms with E-state index < -0.39 is 12.1 Å². The normalized spacial score (nSPS) is 15.8. The van der Waals surface area contributed by atoms with Gasteiger partial charge < -0.3 is 19.7 Å². The lowest BCUT2D eigenvalue weighted by Crippen LogP contribution is -2.44. The van der Waals surface area contributed by atoms with Crippen molar-refractivity contribution in [3.05, 3.63) is 0 Å². The smallest absolute Gasteiger partial charge is 0.301 e. The molecule has 1 atom stereocenters. The van der Waals surface area contributed by atoms with Crippen LogP contribution in [0.15, 0.2) is 0 Å². The lowest BCUT2D eigenvalue weighted by Gasteiger charge is -2.26. The fraction of sp³-hybridized carbons (Fsp3) is 1.00. The fourth-order valence-corrected chi connectivity index (χ4v) is 1.35. The molecule has 1 unspecified atom stereocenters. The van der Waals surface area contributed by atoms with Gasteiger partial charge in [-0.3, -0.25) is 0 Å². The first kappa shape index (κ1) is 11.1. The van der Waals surface area contributed by atoms with Crippen LogP contribution < -0.4 is 0 Å². The largest absolute Gasteiger partial charge is 0.417 e. The molecule has 0 aliphatic carbocycles. The zero-order chi connectivity index (χ0) is 9.07. The van der Waals surface area contributed by atoms with Crippen molar-refractivity contribution in [2.24, 2.45) is 5.92 Å². The van der Waals surface area contributed by atoms with E-state index in [1.54, 1.807) is 0 Å². The summed E-state index contributed by atoms with van der Waals surface area (Å²) in [5.74, 6) is -2.42. The zero-order valence-corrected chi connectivity index (χ0v) is 9.11. The highest BCUT2D eigenvalue weighted by molar-refractivity contribution is 5.98. The minimum Gasteiger partial charge on any atom is -0.417 e. The second kappa shape index (κ2) is 4.17. The summed E-state index contributed by atoms with van der Waals surface area (Å²) in [7, 11) is 0.378. The van der Waals surface area contributed by atoms with E-state index in [1.807, 2.05) is 13.8 Å². The molecule has 0 rings (SSSR count). The van der Waals surface area contributed by atoms with E-state index in [0.717, 1.165) is 0 Å². The Morgan fingerprint density at radius 2 is 1.82 bits per heavy atom. The molecule has 0 aliphatic rings. The van der Waals surface area contributed by atoms with Gasteiger partial charge in [0.2, 0.25) is 0 Å². The molecule has 5 heteroatoms. The molecular formula is C6H16O4Si. The van der Waals surface area contributed by atoms with Crippen molar-refractivity contribution in [3.63, 3.8) is 0 Å². The van der Waals surface area contributed by atoms with E-state index in [1.165, 1.54) is 0 Å². The SMILES string of the molecule is CC(C)CC(O[SiH3])C(O)(O)O. The molecule has 0 heterocycles. The molecule has 0 bridgehead atoms. The molecule has 0 aromatic rings. The van der Waals surface area contributed by atoms with Crippen molar-refractivity contribution < 1.29 is 19.7 Å². The zero-order valence-electron chi connectivity index (χ0n) is 7.11. The maximum absolute atomic E-state index is 8.73. The maximum Gasteiger partial charge on any atom is 0.301 e. The minimum absolute atomic E-state index is 0.264. The summed E-state index contributed by atoms with van der Waals surface area (Å²) in [4.78, 5) is 0. The van der Waals surface area contributed by atoms with Gasteiger partial charge in [0.05, 0.1) is 0 Å². The van der Waals surface area contributed by atoms with Crippen molar-refractivity contribution in [2.75, 3.05) is 0 Å². The molecule has 4 nitrogen and oxygen atoms in total. The van der Waals surface area contributed by atoms with Crippen LogP contribution in [0.2, 0.25) is 0 Å². The fourth-order valence-electron chi connectivity index (χ4n) is 0.841. The first-order valence-electron chi connectivity index (χ1n) is 3.57. The van der Waals surface area contributed by atoms with Crippen LogP contribution in [0.1, 0.15) is 20.3 Å². The van der Waals surface area contributed by atoms with Gasteiger partial charge in [0.1, 0.15) is 16.6 Å². The third-order valence-electron chi connectivity index (χ3n) is 1.40. The maximum atomic E-state index is 8.73. The van der Waals surface area contributed by atoms with Crippen molar-refractivity contribution >= 4 is 10.5 Å². The summed E-state index contributed by atoms with van der Waals surface area (Å²) in [6.07, 6.45) is -0.443. The van der Waals surface area contributed by atoms with Crippen LogP contribution in [0.5, 0.6) is 0 Å². The van der Waals surface area contributed by atoms with E-state index >= 15 is 0 Å². The molecule has 0 amide bonds. The van der Waals surface area contributed by atoms with Crippen molar-refractivity contribution in [3.8, 4) is 0 Å². The van der Waals surface area contributed by atoms with Crippen LogP contribution in [0.25, 0.3) is 0 Å². The lowest BCUT2D eigenvalue weighted by atomic mass is 10.0. The summed E-state index contributed by atoms with van der Waals surface area (Å²) in [5, 5.41) is 26.2. The van der Waals surface area contributed by atoms with Crippen LogP contribution in [0.4, 0.5) is 0 Å². The molecular weight excluding hydrogens is 164 g/mol. The van der Waals surface area contributed by atoms with E-state index in [2.05, 4.69) is 0 Å². The van der Waals surface area contributed by atoms with Crippen molar-refractivity contribution in [2.45, 2.75) is 32.3 Å². The Morgan fingerprint density at radius 3 is 1.91 bits per heavy atom. The summed E-state index contributed by atoms with van der Waals surface area (Å²) in [6.45, 7) is 3.83. The molecule has 0 aromatic heterocycles. The van der Waals surface area contributed by atoms with Gasteiger partial charge in [-0.1, -0.05) is 13.8 Å². The second-order valence-corrected chi connectivity index (χ2v) is 3.51. The third kappa shape index (κ3) is 4.49. The number of aliphatic hydroxyl groups is 3. The van der Waals surface area contributed by atoms with Gasteiger partial charge in [-0.2, -0.15) is 0 Å². The molecule has 0 aliphatic heterocycles. The third-order valence-corrected chi connectivity index (χ3v) is 1.97. The second-order valence-electron chi connectivity index (χ2n) is 3.04. The molecule has 0 fully saturated rings. The first-order chi connectivity index (χ1) is 4.88. The Morgan fingerprint density at radius 1 is 1.36 bits per heavy atom. The highest BCUT2D eigenvalue weighted by atomic mass is 28.2. The predicted molar refractivity (Wildman–Crippen MR) is 43.7 cm³/mol. The Kier molecular flexibility index (Phi) is 4.20. The molecule has 0 saturated heterocycles. The molecule has 0 saturated carbocycles. The van der Waals surface area contributed by atoms with Crippen LogP contribution in [0, 0.1) is 5.92 Å². The Hall–Kier alpha value is 0.0569. The monoisotopic (exact) mass is 180 g/mol. The van der Waals surface area contributed by atoms with E-state index in [0.29, 0.717) is 16.9 Å². The topological polar surface area (TPSA) is 69.9 Å². The van der Waals surface area contributed by atoms with Gasteiger partial charge in [0.25, 0.3) is 0 Å². The molecule has 0 spiro atoms. The molecule has 0 aromatic carbocycles. The predicted octanol–water partition coefficient (Wildman–Crippen LogP) is -1.67. The highest BCUT2D eigenvalue weighted by Crippen LogP contribution is 2.15. The van der Waals surface area contributed by atoms with Gasteiger partial charge in [-0.05, 0) is 12.3 Å². The van der Waals surface area contributed by atoms with E-state index in [9.17, 15) is 0 Å². The summed E-state index contributed by atoms with van der Waals surface area (Å²) in [6, 6.07) is 0. The lowest BCUT2D eigenvalue weighted by molar-refractivity contribution is -0.351. The molecule has 3 N–H and O–H groups in total. The molecule has 0 radical (unpaired) electrons. The van der Waals surface area contributed by atoms with Crippen molar-refractivity contribution in [1.82, 2.24) is 0 Å². The number of rotatable bonds is 4. The van der Waals surface area contributed by atoms with Gasteiger partial charge in [0, 0.05) is 0 Å². The van der Waals surface area contributed by atoms with Crippen molar-refractivity contribution in [1.29, 1.82) is 0 Å². The average molecular weight is 180 g/mol. The van der Waals surface area contributed by atoms with Crippen LogP contribution in [-0.4, -0.2) is 37.9 Å². The average Bonchev–Trinajstić information content (AvgIpc) is 1.79. The van der Waals surface area contributed by atoms with Gasteiger partial charge >= 0.3 is 5.97 Å². The Labute approximate surface area is 69.4 Å². The minimum atomic E-state index is -2.69. The van der Waals surface area contributed by atoms with Gasteiger partial charge in [0.15, 0.2) is 0 Å². The molecule has 68 valence electrons. The van der Waals surface area contributed by atoms with Crippen LogP contribution in [0.3, 0.4) is 0 Å². The highest BCUT2D eigenvalue weighted by Gasteiger charge is 2.31. The summed E-state index contributed by atoms with van der Waals surface area (Å²) in [5.41, 5.74) is 0. The quantitative estimate of drug-likeness (QED) is 0.357. The summed E-state index contributed by atoms with van der Waals surface area (Å²) >= 11 is 0. The standard InChI is InChI=1S/C6H16O4Si/c1-4(2)3-5(10-11)6(7,8)9/h4-5,7-9H,3H2,1-2,11H3. The Balaban J connectivity index is 3.96. The van der Waals surface area contributed by atoms with Crippen LogP contribution in [-0.2, 0) is 4.43 Å². The Bertz CT molecular complexity index is 110.